The average Bonchev–Trinajstić information content (AvgIpc) is 3.10. The summed E-state index contributed by atoms with van der Waals surface area (Å²) in [6.45, 7) is 0.469. The van der Waals surface area contributed by atoms with Crippen molar-refractivity contribution in [1.29, 1.82) is 0 Å². The van der Waals surface area contributed by atoms with Gasteiger partial charge in [-0.3, -0.25) is 0 Å². The topological polar surface area (TPSA) is 115 Å². The van der Waals surface area contributed by atoms with Gasteiger partial charge in [-0.2, -0.15) is 0 Å². The van der Waals surface area contributed by atoms with Crippen LogP contribution in [0.25, 0.3) is 17.2 Å². The standard InChI is InChI=1S/C24H21N3O4/c25-22-20(23(28)29)12-15(13-27-22)6-5-11-26-24(30)31-14-21-18-9-3-1-7-16(18)17-8-2-4-10-19(17)21/h1-10,12-13,21H,11,14H2,(H2,25,27)(H,26,30)(H,28,29). The summed E-state index contributed by atoms with van der Waals surface area (Å²) in [5.41, 5.74) is 10.7. The fourth-order valence-corrected chi connectivity index (χ4v) is 3.74. The number of hydrogen-bond donors (Lipinski definition) is 3. The molecular weight excluding hydrogens is 394 g/mol. The normalized spacial score (nSPS) is 12.4. The van der Waals surface area contributed by atoms with E-state index in [1.807, 2.05) is 24.3 Å². The van der Waals surface area contributed by atoms with E-state index in [2.05, 4.69) is 34.6 Å². The van der Waals surface area contributed by atoms with E-state index in [9.17, 15) is 9.59 Å². The molecule has 2 aromatic carbocycles. The Bertz CT molecular complexity index is 1130. The van der Waals surface area contributed by atoms with E-state index in [0.717, 1.165) is 11.1 Å². The second-order valence-electron chi connectivity index (χ2n) is 7.12. The van der Waals surface area contributed by atoms with Gasteiger partial charge < -0.3 is 20.9 Å². The number of nitrogens with one attached hydrogen (secondary N) is 1. The van der Waals surface area contributed by atoms with E-state index < -0.39 is 12.1 Å². The molecule has 1 aliphatic carbocycles. The Hall–Kier alpha value is -4.13. The van der Waals surface area contributed by atoms with Crippen molar-refractivity contribution in [3.63, 3.8) is 0 Å². The van der Waals surface area contributed by atoms with Crippen LogP contribution in [0.2, 0.25) is 0 Å². The summed E-state index contributed by atoms with van der Waals surface area (Å²) in [6, 6.07) is 17.7. The lowest BCUT2D eigenvalue weighted by Gasteiger charge is -2.14. The van der Waals surface area contributed by atoms with E-state index in [1.54, 1.807) is 12.2 Å². The number of nitrogen functional groups attached to an aromatic ring is 1. The number of ether oxygens (including phenoxy) is 1. The molecule has 7 heteroatoms. The zero-order chi connectivity index (χ0) is 21.8. The number of aromatic carboxylic acids is 1. The van der Waals surface area contributed by atoms with Gasteiger partial charge in [0.1, 0.15) is 18.0 Å². The highest BCUT2D eigenvalue weighted by atomic mass is 16.5. The molecule has 0 saturated heterocycles. The van der Waals surface area contributed by atoms with Crippen molar-refractivity contribution >= 4 is 24.0 Å². The lowest BCUT2D eigenvalue weighted by atomic mass is 9.98. The van der Waals surface area contributed by atoms with Gasteiger partial charge in [-0.05, 0) is 33.9 Å². The first-order valence-corrected chi connectivity index (χ1v) is 9.79. The van der Waals surface area contributed by atoms with Crippen LogP contribution in [0, 0.1) is 0 Å². The summed E-state index contributed by atoms with van der Waals surface area (Å²) in [7, 11) is 0. The SMILES string of the molecule is Nc1ncc(C=CCNC(=O)OCC2c3ccccc3-c3ccccc32)cc1C(=O)O. The molecule has 0 spiro atoms. The summed E-state index contributed by atoms with van der Waals surface area (Å²) in [4.78, 5) is 27.1. The molecule has 0 saturated carbocycles. The molecule has 1 amide bonds. The molecule has 1 heterocycles. The Balaban J connectivity index is 1.33. The molecule has 0 fully saturated rings. The number of amides is 1. The maximum atomic E-state index is 12.1. The Morgan fingerprint density at radius 1 is 1.10 bits per heavy atom. The third kappa shape index (κ3) is 4.25. The van der Waals surface area contributed by atoms with Gasteiger partial charge in [0, 0.05) is 18.7 Å². The second-order valence-corrected chi connectivity index (χ2v) is 7.12. The summed E-state index contributed by atoms with van der Waals surface area (Å²) in [6.07, 6.45) is 4.28. The Kier molecular flexibility index (Phi) is 5.66. The van der Waals surface area contributed by atoms with Gasteiger partial charge in [0.15, 0.2) is 0 Å². The largest absolute Gasteiger partial charge is 0.478 e. The third-order valence-corrected chi connectivity index (χ3v) is 5.19. The molecule has 0 aliphatic heterocycles. The lowest BCUT2D eigenvalue weighted by molar-refractivity contribution is 0.0697. The van der Waals surface area contributed by atoms with Crippen molar-refractivity contribution in [3.8, 4) is 11.1 Å². The summed E-state index contributed by atoms with van der Waals surface area (Å²) >= 11 is 0. The van der Waals surface area contributed by atoms with Gasteiger partial charge in [-0.15, -0.1) is 0 Å². The molecule has 3 aromatic rings. The monoisotopic (exact) mass is 415 g/mol. The third-order valence-electron chi connectivity index (χ3n) is 5.19. The first-order chi connectivity index (χ1) is 15.0. The van der Waals surface area contributed by atoms with Crippen LogP contribution >= 0.6 is 0 Å². The molecular formula is C24H21N3O4. The molecule has 0 unspecified atom stereocenters. The van der Waals surface area contributed by atoms with E-state index in [0.29, 0.717) is 5.56 Å². The number of carboxylic acids is 1. The smallest absolute Gasteiger partial charge is 0.407 e. The summed E-state index contributed by atoms with van der Waals surface area (Å²) in [5, 5.41) is 11.8. The summed E-state index contributed by atoms with van der Waals surface area (Å²) in [5.74, 6) is -1.18. The minimum absolute atomic E-state index is 0.00369. The number of anilines is 1. The van der Waals surface area contributed by atoms with Crippen molar-refractivity contribution in [3.05, 3.63) is 89.1 Å². The number of nitrogens with zero attached hydrogens (tertiary/aromatic N) is 1. The molecule has 1 aromatic heterocycles. The van der Waals surface area contributed by atoms with Crippen LogP contribution in [0.5, 0.6) is 0 Å². The highest BCUT2D eigenvalue weighted by Crippen LogP contribution is 2.44. The highest BCUT2D eigenvalue weighted by molar-refractivity contribution is 5.93. The van der Waals surface area contributed by atoms with Crippen LogP contribution in [0.4, 0.5) is 10.6 Å². The van der Waals surface area contributed by atoms with Gasteiger partial charge in [0.25, 0.3) is 0 Å². The predicted molar refractivity (Wildman–Crippen MR) is 118 cm³/mol. The average molecular weight is 415 g/mol. The lowest BCUT2D eigenvalue weighted by Crippen LogP contribution is -2.26. The molecule has 0 radical (unpaired) electrons. The van der Waals surface area contributed by atoms with E-state index in [1.165, 1.54) is 23.4 Å². The molecule has 1 aliphatic rings. The first-order valence-electron chi connectivity index (χ1n) is 9.79. The van der Waals surface area contributed by atoms with Gasteiger partial charge in [0.2, 0.25) is 0 Å². The summed E-state index contributed by atoms with van der Waals surface area (Å²) < 4.78 is 5.47. The highest BCUT2D eigenvalue weighted by Gasteiger charge is 2.28. The number of aromatic nitrogens is 1. The molecule has 0 atom stereocenters. The molecule has 156 valence electrons. The molecule has 0 bridgehead atoms. The Morgan fingerprint density at radius 3 is 2.39 bits per heavy atom. The van der Waals surface area contributed by atoms with Crippen LogP contribution in [-0.4, -0.2) is 35.3 Å². The van der Waals surface area contributed by atoms with Crippen molar-refractivity contribution in [2.24, 2.45) is 0 Å². The number of rotatable bonds is 6. The minimum Gasteiger partial charge on any atom is -0.478 e. The van der Waals surface area contributed by atoms with E-state index in [4.69, 9.17) is 15.6 Å². The van der Waals surface area contributed by atoms with Crippen LogP contribution < -0.4 is 11.1 Å². The van der Waals surface area contributed by atoms with Crippen molar-refractivity contribution in [2.75, 3.05) is 18.9 Å². The van der Waals surface area contributed by atoms with Gasteiger partial charge in [-0.25, -0.2) is 14.6 Å². The Morgan fingerprint density at radius 2 is 1.74 bits per heavy atom. The minimum atomic E-state index is -1.14. The van der Waals surface area contributed by atoms with Gasteiger partial charge in [-0.1, -0.05) is 60.7 Å². The fourth-order valence-electron chi connectivity index (χ4n) is 3.74. The second kappa shape index (κ2) is 8.71. The number of fused-ring (bicyclic) bond motifs is 3. The number of hydrogen-bond acceptors (Lipinski definition) is 5. The van der Waals surface area contributed by atoms with Crippen molar-refractivity contribution < 1.29 is 19.4 Å². The zero-order valence-corrected chi connectivity index (χ0v) is 16.6. The number of carbonyl (C=O) groups excluding carboxylic acids is 1. The van der Waals surface area contributed by atoms with Crippen LogP contribution in [0.3, 0.4) is 0 Å². The number of nitrogens with two attached hydrogens (primary N) is 1. The van der Waals surface area contributed by atoms with Crippen molar-refractivity contribution in [1.82, 2.24) is 10.3 Å². The predicted octanol–water partition coefficient (Wildman–Crippen LogP) is 3.91. The number of pyridine rings is 1. The fraction of sp³-hybridized carbons (Fsp3) is 0.125. The van der Waals surface area contributed by atoms with Crippen LogP contribution in [0.15, 0.2) is 66.9 Å². The van der Waals surface area contributed by atoms with Crippen LogP contribution in [0.1, 0.15) is 33.0 Å². The number of alkyl carbamates (subject to hydrolysis) is 1. The molecule has 7 nitrogen and oxygen atoms in total. The number of benzene rings is 2. The zero-order valence-electron chi connectivity index (χ0n) is 16.6. The molecule has 31 heavy (non-hydrogen) atoms. The van der Waals surface area contributed by atoms with E-state index in [-0.39, 0.29) is 30.5 Å². The quantitative estimate of drug-likeness (QED) is 0.562. The first kappa shape index (κ1) is 20.2. The molecule has 4 N–H and O–H groups in total. The van der Waals surface area contributed by atoms with Gasteiger partial charge in [0.05, 0.1) is 0 Å². The maximum absolute atomic E-state index is 12.1. The van der Waals surface area contributed by atoms with E-state index >= 15 is 0 Å². The Labute approximate surface area is 179 Å². The number of carbonyl (C=O) groups is 2. The maximum Gasteiger partial charge on any atom is 0.407 e. The van der Waals surface area contributed by atoms with Crippen molar-refractivity contribution in [2.45, 2.75) is 5.92 Å². The number of carboxylic acid groups (broad SMARTS) is 1. The van der Waals surface area contributed by atoms with Gasteiger partial charge >= 0.3 is 12.1 Å². The molecule has 4 rings (SSSR count). The van der Waals surface area contributed by atoms with Crippen LogP contribution in [-0.2, 0) is 4.74 Å².